The second-order valence-corrected chi connectivity index (χ2v) is 5.49. The summed E-state index contributed by atoms with van der Waals surface area (Å²) in [7, 11) is 1.73. The number of nitrogens with zero attached hydrogens (tertiary/aromatic N) is 2. The van der Waals surface area contributed by atoms with Gasteiger partial charge < -0.3 is 10.2 Å². The van der Waals surface area contributed by atoms with Crippen LogP contribution in [0.5, 0.6) is 0 Å². The van der Waals surface area contributed by atoms with Gasteiger partial charge in [-0.05, 0) is 11.6 Å². The van der Waals surface area contributed by atoms with Crippen LogP contribution in [0.25, 0.3) is 0 Å². The summed E-state index contributed by atoms with van der Waals surface area (Å²) in [5, 5.41) is 5.12. The fourth-order valence-electron chi connectivity index (χ4n) is 2.36. The molecule has 1 aromatic carbocycles. The average Bonchev–Trinajstić information content (AvgIpc) is 2.95. The topological polar surface area (TPSA) is 62.3 Å². The molecule has 2 heterocycles. The van der Waals surface area contributed by atoms with Crippen LogP contribution in [0.1, 0.15) is 17.9 Å². The summed E-state index contributed by atoms with van der Waals surface area (Å²) < 4.78 is 0. The van der Waals surface area contributed by atoms with Gasteiger partial charge in [-0.1, -0.05) is 18.2 Å². The molecule has 102 valence electrons. The van der Waals surface area contributed by atoms with E-state index in [4.69, 9.17) is 0 Å². The molecule has 2 amide bonds. The standard InChI is InChI=1S/C14H13N3O2S/c1-17-11-5-3-2-4-9(11)10(8-12(17)18)13(19)16-14-15-6-7-20-14/h2-7,10H,8H2,1H3,(H,15,16,19). The lowest BCUT2D eigenvalue weighted by atomic mass is 9.89. The Morgan fingerprint density at radius 2 is 2.25 bits per heavy atom. The maximum atomic E-state index is 12.4. The number of carbonyl (C=O) groups is 2. The van der Waals surface area contributed by atoms with Crippen LogP contribution in [-0.2, 0) is 9.59 Å². The van der Waals surface area contributed by atoms with Crippen molar-refractivity contribution in [2.24, 2.45) is 0 Å². The number of hydrogen-bond donors (Lipinski definition) is 1. The Bertz CT molecular complexity index is 654. The molecule has 0 radical (unpaired) electrons. The number of para-hydroxylation sites is 1. The summed E-state index contributed by atoms with van der Waals surface area (Å²) in [5.41, 5.74) is 1.67. The highest BCUT2D eigenvalue weighted by Crippen LogP contribution is 2.35. The van der Waals surface area contributed by atoms with Gasteiger partial charge in [0.25, 0.3) is 0 Å². The molecule has 1 aromatic heterocycles. The number of aromatic nitrogens is 1. The Labute approximate surface area is 120 Å². The first-order valence-corrected chi connectivity index (χ1v) is 7.10. The highest BCUT2D eigenvalue weighted by atomic mass is 32.1. The summed E-state index contributed by atoms with van der Waals surface area (Å²) in [6.07, 6.45) is 1.82. The lowest BCUT2D eigenvalue weighted by Crippen LogP contribution is -2.37. The minimum absolute atomic E-state index is 0.0528. The second-order valence-electron chi connectivity index (χ2n) is 4.59. The van der Waals surface area contributed by atoms with Crippen molar-refractivity contribution in [1.29, 1.82) is 0 Å². The van der Waals surface area contributed by atoms with Gasteiger partial charge >= 0.3 is 0 Å². The normalized spacial score (nSPS) is 17.8. The Balaban J connectivity index is 1.92. The van der Waals surface area contributed by atoms with Crippen molar-refractivity contribution in [2.75, 3.05) is 17.3 Å². The molecule has 1 unspecified atom stereocenters. The second kappa shape index (κ2) is 5.05. The number of nitrogens with one attached hydrogen (secondary N) is 1. The number of thiazole rings is 1. The van der Waals surface area contributed by atoms with Gasteiger partial charge in [-0.25, -0.2) is 4.98 Å². The van der Waals surface area contributed by atoms with Gasteiger partial charge in [0.1, 0.15) is 0 Å². The van der Waals surface area contributed by atoms with E-state index in [1.165, 1.54) is 11.3 Å². The third kappa shape index (κ3) is 2.18. The van der Waals surface area contributed by atoms with Gasteiger partial charge in [-0.15, -0.1) is 11.3 Å². The van der Waals surface area contributed by atoms with Crippen molar-refractivity contribution in [2.45, 2.75) is 12.3 Å². The molecule has 6 heteroatoms. The van der Waals surface area contributed by atoms with Crippen LogP contribution in [0.3, 0.4) is 0 Å². The van der Waals surface area contributed by atoms with Crippen molar-refractivity contribution < 1.29 is 9.59 Å². The van der Waals surface area contributed by atoms with Gasteiger partial charge in [0.15, 0.2) is 5.13 Å². The molecule has 3 rings (SSSR count). The van der Waals surface area contributed by atoms with E-state index in [1.807, 2.05) is 24.3 Å². The minimum atomic E-state index is -0.459. The average molecular weight is 287 g/mol. The molecule has 0 saturated heterocycles. The van der Waals surface area contributed by atoms with Crippen molar-refractivity contribution in [3.05, 3.63) is 41.4 Å². The molecule has 1 N–H and O–H groups in total. The zero-order valence-electron chi connectivity index (χ0n) is 10.9. The van der Waals surface area contributed by atoms with E-state index in [-0.39, 0.29) is 18.2 Å². The summed E-state index contributed by atoms with van der Waals surface area (Å²) in [6, 6.07) is 7.50. The van der Waals surface area contributed by atoms with Gasteiger partial charge in [0.05, 0.1) is 5.92 Å². The highest BCUT2D eigenvalue weighted by Gasteiger charge is 2.33. The SMILES string of the molecule is CN1C(=O)CC(C(=O)Nc2nccs2)c2ccccc21. The van der Waals surface area contributed by atoms with E-state index in [0.29, 0.717) is 5.13 Å². The Morgan fingerprint density at radius 1 is 1.45 bits per heavy atom. The van der Waals surface area contributed by atoms with Gasteiger partial charge in [0.2, 0.25) is 11.8 Å². The van der Waals surface area contributed by atoms with Crippen LogP contribution in [0.15, 0.2) is 35.8 Å². The fourth-order valence-corrected chi connectivity index (χ4v) is 2.89. The van der Waals surface area contributed by atoms with Crippen LogP contribution < -0.4 is 10.2 Å². The number of benzene rings is 1. The van der Waals surface area contributed by atoms with E-state index in [2.05, 4.69) is 10.3 Å². The summed E-state index contributed by atoms with van der Waals surface area (Å²) in [4.78, 5) is 30.0. The first kappa shape index (κ1) is 12.8. The van der Waals surface area contributed by atoms with E-state index in [0.717, 1.165) is 11.3 Å². The molecule has 1 aliphatic heterocycles. The molecule has 0 spiro atoms. The molecular weight excluding hydrogens is 274 g/mol. The maximum Gasteiger partial charge on any atom is 0.234 e. The Morgan fingerprint density at radius 3 is 3.00 bits per heavy atom. The predicted molar refractivity (Wildman–Crippen MR) is 78.0 cm³/mol. The Hall–Kier alpha value is -2.21. The smallest absolute Gasteiger partial charge is 0.234 e. The molecular formula is C14H13N3O2S. The molecule has 0 aliphatic carbocycles. The fraction of sp³-hybridized carbons (Fsp3) is 0.214. The number of hydrogen-bond acceptors (Lipinski definition) is 4. The largest absolute Gasteiger partial charge is 0.315 e. The van der Waals surface area contributed by atoms with E-state index < -0.39 is 5.92 Å². The molecule has 0 bridgehead atoms. The maximum absolute atomic E-state index is 12.4. The summed E-state index contributed by atoms with van der Waals surface area (Å²) >= 11 is 1.36. The van der Waals surface area contributed by atoms with Crippen LogP contribution >= 0.6 is 11.3 Å². The van der Waals surface area contributed by atoms with E-state index in [9.17, 15) is 9.59 Å². The number of fused-ring (bicyclic) bond motifs is 1. The Kier molecular flexibility index (Phi) is 3.23. The lowest BCUT2D eigenvalue weighted by molar-refractivity contribution is -0.124. The van der Waals surface area contributed by atoms with Gasteiger partial charge in [0, 0.05) is 30.7 Å². The minimum Gasteiger partial charge on any atom is -0.315 e. The van der Waals surface area contributed by atoms with Crippen molar-refractivity contribution in [1.82, 2.24) is 4.98 Å². The highest BCUT2D eigenvalue weighted by molar-refractivity contribution is 7.13. The predicted octanol–water partition coefficient (Wildman–Crippen LogP) is 2.23. The molecule has 5 nitrogen and oxygen atoms in total. The number of amides is 2. The molecule has 1 aliphatic rings. The van der Waals surface area contributed by atoms with Gasteiger partial charge in [-0.2, -0.15) is 0 Å². The number of carbonyl (C=O) groups excluding carboxylic acids is 2. The quantitative estimate of drug-likeness (QED) is 0.921. The van der Waals surface area contributed by atoms with E-state index in [1.54, 1.807) is 23.5 Å². The van der Waals surface area contributed by atoms with Crippen LogP contribution in [0.4, 0.5) is 10.8 Å². The van der Waals surface area contributed by atoms with Crippen molar-refractivity contribution >= 4 is 34.0 Å². The first-order valence-electron chi connectivity index (χ1n) is 6.22. The van der Waals surface area contributed by atoms with Crippen LogP contribution in [-0.4, -0.2) is 23.8 Å². The van der Waals surface area contributed by atoms with Crippen LogP contribution in [0, 0.1) is 0 Å². The lowest BCUT2D eigenvalue weighted by Gasteiger charge is -2.30. The molecule has 20 heavy (non-hydrogen) atoms. The van der Waals surface area contributed by atoms with Crippen molar-refractivity contribution in [3.8, 4) is 0 Å². The van der Waals surface area contributed by atoms with E-state index >= 15 is 0 Å². The zero-order chi connectivity index (χ0) is 14.1. The van der Waals surface area contributed by atoms with Crippen LogP contribution in [0.2, 0.25) is 0 Å². The number of rotatable bonds is 2. The zero-order valence-corrected chi connectivity index (χ0v) is 11.7. The monoisotopic (exact) mass is 287 g/mol. The number of anilines is 2. The molecule has 2 aromatic rings. The summed E-state index contributed by atoms with van der Waals surface area (Å²) in [5.74, 6) is -0.698. The molecule has 0 saturated carbocycles. The van der Waals surface area contributed by atoms with Gasteiger partial charge in [-0.3, -0.25) is 9.59 Å². The third-order valence-electron chi connectivity index (χ3n) is 3.41. The molecule has 1 atom stereocenters. The molecule has 0 fully saturated rings. The first-order chi connectivity index (χ1) is 9.66. The third-order valence-corrected chi connectivity index (χ3v) is 4.09. The van der Waals surface area contributed by atoms with Crippen molar-refractivity contribution in [3.63, 3.8) is 0 Å². The summed E-state index contributed by atoms with van der Waals surface area (Å²) in [6.45, 7) is 0.